The molecule has 1 amide bonds. The number of likely N-dealkylation sites (N-methyl/N-ethyl adjacent to an activating group) is 1. The van der Waals surface area contributed by atoms with Crippen LogP contribution in [0.5, 0.6) is 5.75 Å². The first-order chi connectivity index (χ1) is 12.2. The highest BCUT2D eigenvalue weighted by atomic mass is 32.2. The van der Waals surface area contributed by atoms with E-state index in [1.165, 1.54) is 17.0 Å². The monoisotopic (exact) mass is 385 g/mol. The van der Waals surface area contributed by atoms with Gasteiger partial charge in [0.15, 0.2) is 15.9 Å². The predicted octanol–water partition coefficient (Wildman–Crippen LogP) is 0.950. The van der Waals surface area contributed by atoms with Crippen LogP contribution in [0, 0.1) is 0 Å². The quantitative estimate of drug-likeness (QED) is 0.663. The molecular weight excluding hydrogens is 362 g/mol. The van der Waals surface area contributed by atoms with Gasteiger partial charge < -0.3 is 19.5 Å². The first-order valence-electron chi connectivity index (χ1n) is 8.24. The third kappa shape index (κ3) is 5.43. The number of amides is 1. The Morgan fingerprint density at radius 1 is 1.31 bits per heavy atom. The normalized spacial score (nSPS) is 19.9. The van der Waals surface area contributed by atoms with Gasteiger partial charge in [-0.3, -0.25) is 4.79 Å². The van der Waals surface area contributed by atoms with Gasteiger partial charge in [-0.1, -0.05) is 6.07 Å². The van der Waals surface area contributed by atoms with E-state index in [-0.39, 0.29) is 10.8 Å². The number of carbonyl (C=O) groups is 2. The summed E-state index contributed by atoms with van der Waals surface area (Å²) in [7, 11) is -1.66. The van der Waals surface area contributed by atoms with Crippen LogP contribution in [0.25, 0.3) is 0 Å². The predicted molar refractivity (Wildman–Crippen MR) is 92.8 cm³/mol. The third-order valence-electron chi connectivity index (χ3n) is 4.09. The van der Waals surface area contributed by atoms with Gasteiger partial charge in [0.05, 0.1) is 11.5 Å². The zero-order valence-corrected chi connectivity index (χ0v) is 15.6. The van der Waals surface area contributed by atoms with Crippen LogP contribution in [0.3, 0.4) is 0 Å². The van der Waals surface area contributed by atoms with E-state index in [1.807, 2.05) is 0 Å². The second-order valence-electron chi connectivity index (χ2n) is 6.24. The van der Waals surface area contributed by atoms with Crippen LogP contribution < -0.4 is 4.74 Å². The van der Waals surface area contributed by atoms with E-state index in [4.69, 9.17) is 14.6 Å². The first-order valence-corrected chi connectivity index (χ1v) is 10.1. The lowest BCUT2D eigenvalue weighted by Crippen LogP contribution is -2.38. The second kappa shape index (κ2) is 8.50. The molecule has 0 bridgehead atoms. The summed E-state index contributed by atoms with van der Waals surface area (Å²) in [5, 5.41) is 8.90. The Hall–Kier alpha value is -2.13. The van der Waals surface area contributed by atoms with Crippen molar-refractivity contribution < 1.29 is 32.6 Å². The largest absolute Gasteiger partial charge is 0.493 e. The number of hydrogen-bond acceptors (Lipinski definition) is 6. The van der Waals surface area contributed by atoms with E-state index in [1.54, 1.807) is 19.2 Å². The molecule has 0 saturated carbocycles. The Labute approximate surface area is 152 Å². The van der Waals surface area contributed by atoms with Crippen LogP contribution in [0.2, 0.25) is 0 Å². The number of nitrogens with zero attached hydrogens (tertiary/aromatic N) is 1. The van der Waals surface area contributed by atoms with Gasteiger partial charge >= 0.3 is 5.97 Å². The van der Waals surface area contributed by atoms with Crippen molar-refractivity contribution in [2.45, 2.75) is 36.4 Å². The lowest BCUT2D eigenvalue weighted by atomic mass is 10.2. The lowest BCUT2D eigenvalue weighted by Gasteiger charge is -2.21. The SMILES string of the molecule is CN(CCCOc1cccc(S(C)(=O)=O)c1)C(=O)[C@@H]1CC[C@H](C(=O)O)O1. The molecule has 1 heterocycles. The zero-order valence-electron chi connectivity index (χ0n) is 14.8. The van der Waals surface area contributed by atoms with Crippen LogP contribution in [0.1, 0.15) is 19.3 Å². The van der Waals surface area contributed by atoms with Crippen LogP contribution in [0.4, 0.5) is 0 Å². The Morgan fingerprint density at radius 2 is 2.00 bits per heavy atom. The summed E-state index contributed by atoms with van der Waals surface area (Å²) in [6, 6.07) is 6.24. The Bertz CT molecular complexity index is 762. The van der Waals surface area contributed by atoms with Crippen LogP contribution >= 0.6 is 0 Å². The smallest absolute Gasteiger partial charge is 0.332 e. The molecular formula is C17H23NO7S. The number of carboxylic acids is 1. The maximum Gasteiger partial charge on any atom is 0.332 e. The molecule has 0 spiro atoms. The van der Waals surface area contributed by atoms with Gasteiger partial charge in [0.25, 0.3) is 5.91 Å². The molecule has 8 nitrogen and oxygen atoms in total. The highest BCUT2D eigenvalue weighted by Gasteiger charge is 2.35. The van der Waals surface area contributed by atoms with Crippen LogP contribution in [-0.4, -0.2) is 69.0 Å². The average Bonchev–Trinajstić information content (AvgIpc) is 3.07. The van der Waals surface area contributed by atoms with Gasteiger partial charge in [-0.15, -0.1) is 0 Å². The number of ether oxygens (including phenoxy) is 2. The highest BCUT2D eigenvalue weighted by Crippen LogP contribution is 2.21. The Kier molecular flexibility index (Phi) is 6.60. The molecule has 0 aliphatic carbocycles. The topological polar surface area (TPSA) is 110 Å². The van der Waals surface area contributed by atoms with Gasteiger partial charge in [-0.05, 0) is 37.5 Å². The molecule has 1 fully saturated rings. The minimum absolute atomic E-state index is 0.189. The fraction of sp³-hybridized carbons (Fsp3) is 0.529. The van der Waals surface area contributed by atoms with Crippen molar-refractivity contribution >= 4 is 21.7 Å². The van der Waals surface area contributed by atoms with Gasteiger partial charge in [0, 0.05) is 19.8 Å². The van der Waals surface area contributed by atoms with Crippen molar-refractivity contribution in [3.63, 3.8) is 0 Å². The van der Waals surface area contributed by atoms with E-state index in [9.17, 15) is 18.0 Å². The summed E-state index contributed by atoms with van der Waals surface area (Å²) in [6.07, 6.45) is 0.776. The summed E-state index contributed by atoms with van der Waals surface area (Å²) in [6.45, 7) is 0.732. The summed E-state index contributed by atoms with van der Waals surface area (Å²) < 4.78 is 33.8. The number of carbonyl (C=O) groups excluding carboxylic acids is 1. The number of benzene rings is 1. The molecule has 0 unspecified atom stereocenters. The number of sulfone groups is 1. The van der Waals surface area contributed by atoms with Crippen molar-refractivity contribution in [3.05, 3.63) is 24.3 Å². The molecule has 1 aliphatic heterocycles. The minimum atomic E-state index is -3.29. The fourth-order valence-corrected chi connectivity index (χ4v) is 3.30. The molecule has 0 aromatic heterocycles. The summed E-state index contributed by atoms with van der Waals surface area (Å²) in [4.78, 5) is 24.8. The summed E-state index contributed by atoms with van der Waals surface area (Å²) in [5.74, 6) is -0.842. The van der Waals surface area contributed by atoms with E-state index in [0.717, 1.165) is 6.26 Å². The maximum absolute atomic E-state index is 12.2. The Balaban J connectivity index is 1.76. The average molecular weight is 385 g/mol. The van der Waals surface area contributed by atoms with Gasteiger partial charge in [-0.25, -0.2) is 13.2 Å². The molecule has 2 atom stereocenters. The standard InChI is InChI=1S/C17H23NO7S/c1-18(16(19)14-7-8-15(25-14)17(20)21)9-4-10-24-12-5-3-6-13(11-12)26(2,22)23/h3,5-6,11,14-15H,4,7-10H2,1-2H3,(H,20,21)/t14-,15+/m0/s1. The lowest BCUT2D eigenvalue weighted by molar-refractivity contribution is -0.154. The van der Waals surface area contributed by atoms with Crippen molar-refractivity contribution in [2.24, 2.45) is 0 Å². The van der Waals surface area contributed by atoms with Crippen LogP contribution in [-0.2, 0) is 24.2 Å². The van der Waals surface area contributed by atoms with E-state index in [0.29, 0.717) is 38.2 Å². The molecule has 1 aromatic carbocycles. The van der Waals surface area contributed by atoms with Crippen molar-refractivity contribution in [1.29, 1.82) is 0 Å². The summed E-state index contributed by atoms with van der Waals surface area (Å²) >= 11 is 0. The second-order valence-corrected chi connectivity index (χ2v) is 8.25. The molecule has 1 aromatic rings. The molecule has 9 heteroatoms. The molecule has 1 saturated heterocycles. The molecule has 1 N–H and O–H groups in total. The van der Waals surface area contributed by atoms with E-state index in [2.05, 4.69) is 0 Å². The molecule has 2 rings (SSSR count). The molecule has 0 radical (unpaired) electrons. The first kappa shape index (κ1) is 20.2. The van der Waals surface area contributed by atoms with E-state index >= 15 is 0 Å². The van der Waals surface area contributed by atoms with Crippen molar-refractivity contribution in [2.75, 3.05) is 26.5 Å². The zero-order chi connectivity index (χ0) is 19.3. The number of aliphatic carboxylic acids is 1. The van der Waals surface area contributed by atoms with Gasteiger partial charge in [0.2, 0.25) is 0 Å². The third-order valence-corrected chi connectivity index (χ3v) is 5.20. The maximum atomic E-state index is 12.2. The molecule has 144 valence electrons. The van der Waals surface area contributed by atoms with E-state index < -0.39 is 28.0 Å². The van der Waals surface area contributed by atoms with Crippen molar-refractivity contribution in [1.82, 2.24) is 4.90 Å². The summed E-state index contributed by atoms with van der Waals surface area (Å²) in [5.41, 5.74) is 0. The van der Waals surface area contributed by atoms with Gasteiger partial charge in [-0.2, -0.15) is 0 Å². The van der Waals surface area contributed by atoms with Crippen LogP contribution in [0.15, 0.2) is 29.2 Å². The molecule has 1 aliphatic rings. The highest BCUT2D eigenvalue weighted by molar-refractivity contribution is 7.90. The van der Waals surface area contributed by atoms with Gasteiger partial charge in [0.1, 0.15) is 11.9 Å². The number of hydrogen-bond donors (Lipinski definition) is 1. The fourth-order valence-electron chi connectivity index (χ4n) is 2.64. The van der Waals surface area contributed by atoms with Crippen molar-refractivity contribution in [3.8, 4) is 5.75 Å². The minimum Gasteiger partial charge on any atom is -0.493 e. The Morgan fingerprint density at radius 3 is 2.62 bits per heavy atom. The number of carboxylic acid groups (broad SMARTS) is 1. The number of rotatable bonds is 8. The molecule has 26 heavy (non-hydrogen) atoms.